The number of fused-ring (bicyclic) bond motifs is 3. The van der Waals surface area contributed by atoms with Crippen molar-refractivity contribution in [2.24, 2.45) is 0 Å². The number of halogens is 1. The molecule has 1 saturated carbocycles. The molecule has 1 atom stereocenters. The average molecular weight is 850 g/mol. The molecular weight excluding hydrogens is 802 g/mol. The van der Waals surface area contributed by atoms with Crippen LogP contribution in [0.3, 0.4) is 0 Å². The number of carbonyl (C=O) groups excluding carboxylic acids is 5. The Kier molecular flexibility index (Phi) is 12.5. The summed E-state index contributed by atoms with van der Waals surface area (Å²) in [5, 5.41) is 24.1. The Morgan fingerprint density at radius 3 is 2.49 bits per heavy atom. The first-order valence-corrected chi connectivity index (χ1v) is 21.5. The van der Waals surface area contributed by atoms with Gasteiger partial charge in [0.2, 0.25) is 11.8 Å². The van der Waals surface area contributed by atoms with E-state index in [9.17, 15) is 24.0 Å². The molecule has 1 unspecified atom stereocenters. The zero-order chi connectivity index (χ0) is 42.6. The molecule has 2 saturated heterocycles. The number of nitrogens with one attached hydrogen (secondary N) is 2. The molecule has 17 heteroatoms. The van der Waals surface area contributed by atoms with E-state index in [2.05, 4.69) is 36.7 Å². The molecule has 4 aromatic rings. The van der Waals surface area contributed by atoms with Crippen LogP contribution in [-0.4, -0.2) is 112 Å². The second-order valence-electron chi connectivity index (χ2n) is 15.9. The minimum absolute atomic E-state index is 0.0139. The molecule has 3 fully saturated rings. The Morgan fingerprint density at radius 2 is 1.75 bits per heavy atom. The Bertz CT molecular complexity index is 2390. The van der Waals surface area contributed by atoms with Crippen LogP contribution in [0.25, 0.3) is 10.9 Å². The Balaban J connectivity index is 0.758. The highest BCUT2D eigenvalue weighted by Crippen LogP contribution is 2.37. The van der Waals surface area contributed by atoms with Gasteiger partial charge in [-0.05, 0) is 108 Å². The van der Waals surface area contributed by atoms with Gasteiger partial charge in [0, 0.05) is 56.2 Å². The maximum Gasteiger partial charge on any atom is 0.278 e. The number of amides is 5. The van der Waals surface area contributed by atoms with Gasteiger partial charge in [-0.25, -0.2) is 0 Å². The smallest absolute Gasteiger partial charge is 0.278 e. The summed E-state index contributed by atoms with van der Waals surface area (Å²) in [6, 6.07) is 15.2. The largest absolute Gasteiger partial charge is 0.494 e. The van der Waals surface area contributed by atoms with Crippen molar-refractivity contribution in [3.8, 4) is 17.6 Å². The summed E-state index contributed by atoms with van der Waals surface area (Å²) in [4.78, 5) is 70.0. The lowest BCUT2D eigenvalue weighted by molar-refractivity contribution is -0.136. The van der Waals surface area contributed by atoms with Crippen LogP contribution in [0.15, 0.2) is 48.5 Å². The van der Waals surface area contributed by atoms with Crippen LogP contribution < -0.4 is 25.0 Å². The molecule has 61 heavy (non-hydrogen) atoms. The van der Waals surface area contributed by atoms with Gasteiger partial charge in [0.15, 0.2) is 11.5 Å². The Morgan fingerprint density at radius 1 is 0.934 bits per heavy atom. The number of unbranched alkanes of at least 4 members (excludes halogenated alkanes) is 1. The maximum atomic E-state index is 13.6. The van der Waals surface area contributed by atoms with Gasteiger partial charge in [-0.15, -0.1) is 10.2 Å². The van der Waals surface area contributed by atoms with Gasteiger partial charge in [0.05, 0.1) is 34.4 Å². The van der Waals surface area contributed by atoms with Crippen LogP contribution in [0.4, 0.5) is 5.82 Å². The number of piperidine rings is 1. The first-order valence-electron chi connectivity index (χ1n) is 21.1. The number of nitrogens with zero attached hydrogens (tertiary/aromatic N) is 7. The third-order valence-corrected chi connectivity index (χ3v) is 12.3. The minimum Gasteiger partial charge on any atom is -0.494 e. The van der Waals surface area contributed by atoms with Gasteiger partial charge in [0.25, 0.3) is 17.7 Å². The predicted molar refractivity (Wildman–Crippen MR) is 225 cm³/mol. The fourth-order valence-corrected chi connectivity index (χ4v) is 9.04. The molecule has 5 amide bonds. The monoisotopic (exact) mass is 849 g/mol. The Hall–Kier alpha value is -6.05. The number of hydrogen-bond donors (Lipinski definition) is 2. The molecule has 0 bridgehead atoms. The van der Waals surface area contributed by atoms with Gasteiger partial charge in [-0.2, -0.15) is 5.26 Å². The quantitative estimate of drug-likeness (QED) is 0.137. The van der Waals surface area contributed by atoms with E-state index < -0.39 is 29.7 Å². The van der Waals surface area contributed by atoms with E-state index in [0.717, 1.165) is 93.9 Å². The molecule has 1 aliphatic carbocycles. The van der Waals surface area contributed by atoms with Gasteiger partial charge < -0.3 is 29.2 Å². The minimum atomic E-state index is -1.01. The van der Waals surface area contributed by atoms with E-state index in [1.807, 2.05) is 19.1 Å². The van der Waals surface area contributed by atoms with Gasteiger partial charge in [-0.1, -0.05) is 11.6 Å². The normalized spacial score (nSPS) is 20.9. The molecule has 2 aromatic carbocycles. The number of anilines is 1. The van der Waals surface area contributed by atoms with Crippen molar-refractivity contribution in [3.63, 3.8) is 0 Å². The zero-order valence-corrected chi connectivity index (χ0v) is 34.8. The lowest BCUT2D eigenvalue weighted by Crippen LogP contribution is -2.54. The molecule has 2 aromatic heterocycles. The first kappa shape index (κ1) is 41.7. The van der Waals surface area contributed by atoms with Crippen molar-refractivity contribution < 1.29 is 33.4 Å². The Labute approximate surface area is 358 Å². The number of ether oxygens (including phenoxy) is 2. The van der Waals surface area contributed by atoms with Crippen LogP contribution in [0, 0.1) is 11.3 Å². The van der Waals surface area contributed by atoms with E-state index in [1.54, 1.807) is 41.0 Å². The highest BCUT2D eigenvalue weighted by Gasteiger charge is 2.47. The summed E-state index contributed by atoms with van der Waals surface area (Å²) in [5.41, 5.74) is 1.97. The molecule has 0 radical (unpaired) electrons. The first-order chi connectivity index (χ1) is 29.6. The van der Waals surface area contributed by atoms with Crippen LogP contribution in [-0.2, 0) is 16.1 Å². The van der Waals surface area contributed by atoms with Crippen molar-refractivity contribution in [2.75, 3.05) is 44.2 Å². The van der Waals surface area contributed by atoms with E-state index >= 15 is 0 Å². The molecule has 4 aliphatic rings. The van der Waals surface area contributed by atoms with Crippen molar-refractivity contribution in [2.45, 2.75) is 89.4 Å². The van der Waals surface area contributed by atoms with E-state index in [0.29, 0.717) is 46.3 Å². The van der Waals surface area contributed by atoms with Crippen LogP contribution in [0.2, 0.25) is 5.02 Å². The highest BCUT2D eigenvalue weighted by molar-refractivity contribution is 6.32. The van der Waals surface area contributed by atoms with Crippen LogP contribution in [0.1, 0.15) is 102 Å². The maximum absolute atomic E-state index is 13.6. The number of nitriles is 1. The van der Waals surface area contributed by atoms with Crippen molar-refractivity contribution >= 4 is 57.9 Å². The summed E-state index contributed by atoms with van der Waals surface area (Å²) in [6.45, 7) is 7.27. The van der Waals surface area contributed by atoms with Gasteiger partial charge >= 0.3 is 0 Å². The molecule has 3 aliphatic heterocycles. The summed E-state index contributed by atoms with van der Waals surface area (Å²) in [6.07, 6.45) is 6.09. The highest BCUT2D eigenvalue weighted by atomic mass is 35.5. The van der Waals surface area contributed by atoms with Gasteiger partial charge in [0.1, 0.15) is 29.3 Å². The summed E-state index contributed by atoms with van der Waals surface area (Å²) in [7, 11) is 0. The molecule has 0 spiro atoms. The van der Waals surface area contributed by atoms with E-state index in [4.69, 9.17) is 26.3 Å². The number of aryl methyl sites for hydroxylation is 1. The number of carbonyl (C=O) groups is 5. The molecule has 2 N–H and O–H groups in total. The number of hydrogen-bond acceptors (Lipinski definition) is 12. The summed E-state index contributed by atoms with van der Waals surface area (Å²) >= 11 is 6.15. The number of imide groups is 2. The molecule has 318 valence electrons. The fraction of sp³-hybridized carbons (Fsp3) is 0.455. The second-order valence-corrected chi connectivity index (χ2v) is 16.3. The molecule has 5 heterocycles. The molecule has 8 rings (SSSR count). The van der Waals surface area contributed by atoms with Crippen molar-refractivity contribution in [1.82, 2.24) is 35.2 Å². The van der Waals surface area contributed by atoms with Crippen molar-refractivity contribution in [1.29, 1.82) is 5.26 Å². The summed E-state index contributed by atoms with van der Waals surface area (Å²) in [5.74, 6) is -0.274. The number of benzene rings is 2. The van der Waals surface area contributed by atoms with Crippen molar-refractivity contribution in [3.05, 3.63) is 76.1 Å². The van der Waals surface area contributed by atoms with Crippen LogP contribution >= 0.6 is 11.6 Å². The number of rotatable bonds is 13. The lowest BCUT2D eigenvalue weighted by atomic mass is 9.93. The molecular formula is C44H48ClN9O7. The third kappa shape index (κ3) is 8.89. The predicted octanol–water partition coefficient (Wildman–Crippen LogP) is 4.87. The lowest BCUT2D eigenvalue weighted by Gasteiger charge is -2.29. The summed E-state index contributed by atoms with van der Waals surface area (Å²) < 4.78 is 14.0. The van der Waals surface area contributed by atoms with Gasteiger partial charge in [-0.3, -0.25) is 34.2 Å². The second kappa shape index (κ2) is 18.3. The fourth-order valence-electron chi connectivity index (χ4n) is 8.83. The third-order valence-electron chi connectivity index (χ3n) is 12.0. The van der Waals surface area contributed by atoms with E-state index in [-0.39, 0.29) is 42.2 Å². The van der Waals surface area contributed by atoms with Crippen LogP contribution in [0.5, 0.6) is 11.5 Å². The van der Waals surface area contributed by atoms with E-state index in [1.165, 1.54) is 0 Å². The topological polar surface area (TPSA) is 192 Å². The average Bonchev–Trinajstić information content (AvgIpc) is 3.58. The standard InChI is InChI=1S/C44H48ClN9O7/c1-2-53-36-25-30(12-13-32(36)39-40(53)44(59)54(43(39)58)35-15-17-38(55)48-42(35)57)60-23-4-3-18-51-19-5-20-52(22-21-51)37-16-14-34(49-50-37)41(56)47-28-7-10-29(11-8-28)61-31-9-6-27(26-46)33(45)24-31/h6,9,12-14,16,24-25,28-29,35H,2-5,7-8,10-11,15,17-23H2,1H3,(H,47,56)(H,48,55,57). The molecule has 16 nitrogen and oxygen atoms in total. The zero-order valence-electron chi connectivity index (χ0n) is 34.0. The SMILES string of the molecule is CCn1c2c(c3ccc(OCCCCN4CCCN(c5ccc(C(=O)NC6CCC(Oc7ccc(C#N)c(Cl)c7)CC6)nn5)CC4)cc31)C(=O)N(C1CCC(=O)NC1=O)C2=O. The number of aromatic nitrogens is 3.